The first-order valence-electron chi connectivity index (χ1n) is 9.65. The molecule has 1 amide bonds. The highest BCUT2D eigenvalue weighted by atomic mass is 79.9. The molecule has 0 saturated carbocycles. The van der Waals surface area contributed by atoms with Gasteiger partial charge in [0.15, 0.2) is 11.5 Å². The molecule has 1 saturated heterocycles. The van der Waals surface area contributed by atoms with Crippen LogP contribution in [-0.2, 0) is 4.79 Å². The Morgan fingerprint density at radius 1 is 1.14 bits per heavy atom. The van der Waals surface area contributed by atoms with Gasteiger partial charge in [-0.3, -0.25) is 9.69 Å². The van der Waals surface area contributed by atoms with Gasteiger partial charge in [-0.2, -0.15) is 0 Å². The lowest BCUT2D eigenvalue weighted by Gasteiger charge is -2.24. The molecule has 3 rings (SSSR count). The molecule has 29 heavy (non-hydrogen) atoms. The van der Waals surface area contributed by atoms with Gasteiger partial charge in [0.1, 0.15) is 0 Å². The fraction of sp³-hybridized carbons (Fsp3) is 0.409. The molecule has 1 atom stereocenters. The number of anilines is 1. The van der Waals surface area contributed by atoms with Crippen LogP contribution >= 0.6 is 15.9 Å². The van der Waals surface area contributed by atoms with Gasteiger partial charge >= 0.3 is 0 Å². The standard InChI is InChI=1S/C22H27BrN2O4/c1-27-19-13-17(14-20(28-2)22(19)29-3)24-21(26)9-11-25-10-5-8-18(25)15-6-4-7-16(23)12-15/h4,6-7,12-14,18H,5,8-11H2,1-3H3,(H,24,26). The van der Waals surface area contributed by atoms with Gasteiger partial charge in [-0.1, -0.05) is 28.1 Å². The number of halogens is 1. The molecule has 1 N–H and O–H groups in total. The molecule has 0 aliphatic carbocycles. The van der Waals surface area contributed by atoms with Crippen LogP contribution in [0.4, 0.5) is 5.69 Å². The molecule has 7 heteroatoms. The first kappa shape index (κ1) is 21.5. The summed E-state index contributed by atoms with van der Waals surface area (Å²) in [5, 5.41) is 2.94. The average Bonchev–Trinajstić information content (AvgIpc) is 3.20. The van der Waals surface area contributed by atoms with E-state index in [4.69, 9.17) is 14.2 Å². The van der Waals surface area contributed by atoms with Crippen LogP contribution in [0, 0.1) is 0 Å². The van der Waals surface area contributed by atoms with Crippen LogP contribution in [0.15, 0.2) is 40.9 Å². The highest BCUT2D eigenvalue weighted by Crippen LogP contribution is 2.40. The van der Waals surface area contributed by atoms with Gasteiger partial charge in [-0.15, -0.1) is 0 Å². The smallest absolute Gasteiger partial charge is 0.225 e. The number of methoxy groups -OCH3 is 3. The summed E-state index contributed by atoms with van der Waals surface area (Å²) in [7, 11) is 4.66. The Morgan fingerprint density at radius 2 is 1.86 bits per heavy atom. The lowest BCUT2D eigenvalue weighted by molar-refractivity contribution is -0.116. The number of likely N-dealkylation sites (tertiary alicyclic amines) is 1. The normalized spacial score (nSPS) is 16.5. The van der Waals surface area contributed by atoms with Crippen molar-refractivity contribution in [2.45, 2.75) is 25.3 Å². The summed E-state index contributed by atoms with van der Waals surface area (Å²) >= 11 is 3.55. The Bertz CT molecular complexity index is 833. The summed E-state index contributed by atoms with van der Waals surface area (Å²) in [5.41, 5.74) is 1.91. The molecular weight excluding hydrogens is 436 g/mol. The Kier molecular flexibility index (Phi) is 7.39. The summed E-state index contributed by atoms with van der Waals surface area (Å²) < 4.78 is 17.1. The first-order valence-corrected chi connectivity index (χ1v) is 10.4. The Hall–Kier alpha value is -2.25. The molecule has 156 valence electrons. The average molecular weight is 463 g/mol. The van der Waals surface area contributed by atoms with E-state index in [2.05, 4.69) is 44.3 Å². The van der Waals surface area contributed by atoms with Crippen molar-refractivity contribution in [2.24, 2.45) is 0 Å². The third-order valence-electron chi connectivity index (χ3n) is 5.17. The molecule has 0 bridgehead atoms. The molecule has 2 aromatic rings. The largest absolute Gasteiger partial charge is 0.493 e. The zero-order chi connectivity index (χ0) is 20.8. The molecule has 2 aromatic carbocycles. The number of rotatable bonds is 8. The van der Waals surface area contributed by atoms with Crippen molar-refractivity contribution in [1.82, 2.24) is 4.90 Å². The van der Waals surface area contributed by atoms with Crippen LogP contribution in [0.5, 0.6) is 17.2 Å². The summed E-state index contributed by atoms with van der Waals surface area (Å²) in [6.45, 7) is 1.72. The second-order valence-electron chi connectivity index (χ2n) is 6.96. The first-order chi connectivity index (χ1) is 14.0. The number of nitrogens with zero attached hydrogens (tertiary/aromatic N) is 1. The van der Waals surface area contributed by atoms with E-state index in [1.165, 1.54) is 5.56 Å². The van der Waals surface area contributed by atoms with E-state index in [1.54, 1.807) is 33.5 Å². The summed E-state index contributed by atoms with van der Waals surface area (Å²) in [6.07, 6.45) is 2.68. The molecule has 1 aliphatic rings. The van der Waals surface area contributed by atoms with Crippen LogP contribution in [0.1, 0.15) is 30.9 Å². The van der Waals surface area contributed by atoms with Crippen molar-refractivity contribution in [1.29, 1.82) is 0 Å². The number of nitrogens with one attached hydrogen (secondary N) is 1. The van der Waals surface area contributed by atoms with Gasteiger partial charge < -0.3 is 19.5 Å². The maximum Gasteiger partial charge on any atom is 0.225 e. The molecule has 0 aromatic heterocycles. The lowest BCUT2D eigenvalue weighted by Crippen LogP contribution is -2.27. The summed E-state index contributed by atoms with van der Waals surface area (Å²) in [6, 6.07) is 12.3. The van der Waals surface area contributed by atoms with Crippen molar-refractivity contribution < 1.29 is 19.0 Å². The molecule has 1 heterocycles. The third-order valence-corrected chi connectivity index (χ3v) is 5.66. The molecule has 1 fully saturated rings. The molecule has 1 unspecified atom stereocenters. The number of carbonyl (C=O) groups excluding carboxylic acids is 1. The third kappa shape index (κ3) is 5.22. The Balaban J connectivity index is 1.62. The van der Waals surface area contributed by atoms with Crippen molar-refractivity contribution in [3.63, 3.8) is 0 Å². The van der Waals surface area contributed by atoms with E-state index in [-0.39, 0.29) is 5.91 Å². The van der Waals surface area contributed by atoms with E-state index in [9.17, 15) is 4.79 Å². The fourth-order valence-corrected chi connectivity index (χ4v) is 4.22. The summed E-state index contributed by atoms with van der Waals surface area (Å²) in [5.74, 6) is 1.48. The molecule has 0 radical (unpaired) electrons. The van der Waals surface area contributed by atoms with Crippen LogP contribution < -0.4 is 19.5 Å². The van der Waals surface area contributed by atoms with Crippen molar-refractivity contribution in [3.8, 4) is 17.2 Å². The molecule has 1 aliphatic heterocycles. The summed E-state index contributed by atoms with van der Waals surface area (Å²) in [4.78, 5) is 14.9. The predicted octanol–water partition coefficient (Wildman–Crippen LogP) is 4.64. The van der Waals surface area contributed by atoms with Gasteiger partial charge in [0.25, 0.3) is 0 Å². The van der Waals surface area contributed by atoms with Gasteiger partial charge in [-0.05, 0) is 37.1 Å². The van der Waals surface area contributed by atoms with E-state index < -0.39 is 0 Å². The number of hydrogen-bond donors (Lipinski definition) is 1. The van der Waals surface area contributed by atoms with E-state index in [0.29, 0.717) is 41.9 Å². The molecule has 0 spiro atoms. The predicted molar refractivity (Wildman–Crippen MR) is 117 cm³/mol. The Labute approximate surface area is 180 Å². The van der Waals surface area contributed by atoms with Crippen LogP contribution in [-0.4, -0.2) is 45.2 Å². The van der Waals surface area contributed by atoms with E-state index in [0.717, 1.165) is 23.9 Å². The number of amides is 1. The fourth-order valence-electron chi connectivity index (χ4n) is 3.81. The van der Waals surface area contributed by atoms with Gasteiger partial charge in [0.05, 0.1) is 21.3 Å². The number of ether oxygens (including phenoxy) is 3. The lowest BCUT2D eigenvalue weighted by atomic mass is 10.0. The second-order valence-corrected chi connectivity index (χ2v) is 7.88. The number of carbonyl (C=O) groups is 1. The van der Waals surface area contributed by atoms with E-state index in [1.807, 2.05) is 6.07 Å². The molecular formula is C22H27BrN2O4. The highest BCUT2D eigenvalue weighted by Gasteiger charge is 2.26. The zero-order valence-corrected chi connectivity index (χ0v) is 18.6. The topological polar surface area (TPSA) is 60.0 Å². The highest BCUT2D eigenvalue weighted by molar-refractivity contribution is 9.10. The van der Waals surface area contributed by atoms with Gasteiger partial charge in [0.2, 0.25) is 11.7 Å². The van der Waals surface area contributed by atoms with E-state index >= 15 is 0 Å². The minimum Gasteiger partial charge on any atom is -0.493 e. The number of benzene rings is 2. The second kappa shape index (κ2) is 9.98. The van der Waals surface area contributed by atoms with Crippen molar-refractivity contribution in [3.05, 3.63) is 46.4 Å². The zero-order valence-electron chi connectivity index (χ0n) is 17.0. The van der Waals surface area contributed by atoms with Crippen LogP contribution in [0.2, 0.25) is 0 Å². The minimum absolute atomic E-state index is 0.0424. The molecule has 6 nitrogen and oxygen atoms in total. The van der Waals surface area contributed by atoms with Gasteiger partial charge in [0, 0.05) is 41.3 Å². The van der Waals surface area contributed by atoms with Crippen molar-refractivity contribution >= 4 is 27.5 Å². The quantitative estimate of drug-likeness (QED) is 0.618. The van der Waals surface area contributed by atoms with Crippen LogP contribution in [0.3, 0.4) is 0 Å². The SMILES string of the molecule is COc1cc(NC(=O)CCN2CCCC2c2cccc(Br)c2)cc(OC)c1OC. The van der Waals surface area contributed by atoms with Gasteiger partial charge in [-0.25, -0.2) is 0 Å². The number of hydrogen-bond acceptors (Lipinski definition) is 5. The monoisotopic (exact) mass is 462 g/mol. The van der Waals surface area contributed by atoms with Crippen molar-refractivity contribution in [2.75, 3.05) is 39.7 Å². The minimum atomic E-state index is -0.0424. The van der Waals surface area contributed by atoms with Crippen LogP contribution in [0.25, 0.3) is 0 Å². The maximum atomic E-state index is 12.6. The Morgan fingerprint density at radius 3 is 2.48 bits per heavy atom. The maximum absolute atomic E-state index is 12.6.